The predicted octanol–water partition coefficient (Wildman–Crippen LogP) is 3.19. The van der Waals surface area contributed by atoms with Gasteiger partial charge in [0.2, 0.25) is 10.0 Å². The largest absolute Gasteiger partial charge is 0.289 e. The van der Waals surface area contributed by atoms with Crippen molar-refractivity contribution in [1.82, 2.24) is 9.79 Å². The minimum Gasteiger partial charge on any atom is -0.289 e. The van der Waals surface area contributed by atoms with E-state index in [-0.39, 0.29) is 11.4 Å². The van der Waals surface area contributed by atoms with Gasteiger partial charge >= 0.3 is 0 Å². The van der Waals surface area contributed by atoms with Crippen molar-refractivity contribution in [2.24, 2.45) is 0 Å². The number of amides is 1. The lowest BCUT2D eigenvalue weighted by Crippen LogP contribution is -2.46. The van der Waals surface area contributed by atoms with Gasteiger partial charge in [0.1, 0.15) is 6.04 Å². The first-order valence-electron chi connectivity index (χ1n) is 7.22. The average molecular weight is 448 g/mol. The topological polar surface area (TPSA) is 86.7 Å². The monoisotopic (exact) mass is 446 g/mol. The Morgan fingerprint density at radius 1 is 1.24 bits per heavy atom. The summed E-state index contributed by atoms with van der Waals surface area (Å²) in [5.74, 6) is -0.840. The van der Waals surface area contributed by atoms with Gasteiger partial charge in [-0.2, -0.15) is 4.31 Å². The zero-order valence-corrected chi connectivity index (χ0v) is 16.3. The molecule has 0 saturated heterocycles. The predicted molar refractivity (Wildman–Crippen MR) is 97.7 cm³/mol. The van der Waals surface area contributed by atoms with Gasteiger partial charge in [-0.3, -0.25) is 10.0 Å². The van der Waals surface area contributed by atoms with E-state index < -0.39 is 22.0 Å². The van der Waals surface area contributed by atoms with Gasteiger partial charge < -0.3 is 0 Å². The Balaban J connectivity index is 2.48. The van der Waals surface area contributed by atoms with Crippen LogP contribution in [0.5, 0.6) is 0 Å². The molecule has 134 valence electrons. The number of rotatable bonds is 6. The van der Waals surface area contributed by atoms with Crippen LogP contribution in [0.3, 0.4) is 0 Å². The Kier molecular flexibility index (Phi) is 6.59. The summed E-state index contributed by atoms with van der Waals surface area (Å²) in [4.78, 5) is 11.9. The van der Waals surface area contributed by atoms with Crippen LogP contribution in [0, 0.1) is 0 Å². The summed E-state index contributed by atoms with van der Waals surface area (Å²) >= 11 is 9.38. The second kappa shape index (κ2) is 8.29. The third-order valence-corrected chi connectivity index (χ3v) is 6.45. The Labute approximate surface area is 159 Å². The molecule has 0 fully saturated rings. The molecule has 2 N–H and O–H groups in total. The van der Waals surface area contributed by atoms with Crippen LogP contribution in [-0.4, -0.2) is 29.9 Å². The van der Waals surface area contributed by atoms with Gasteiger partial charge in [-0.15, -0.1) is 0 Å². The number of hydrogen-bond acceptors (Lipinski definition) is 4. The first kappa shape index (κ1) is 19.9. The van der Waals surface area contributed by atoms with E-state index >= 15 is 0 Å². The van der Waals surface area contributed by atoms with Gasteiger partial charge in [0, 0.05) is 16.0 Å². The van der Waals surface area contributed by atoms with E-state index in [0.29, 0.717) is 10.6 Å². The fourth-order valence-corrected chi connectivity index (χ4v) is 4.22. The Hall–Kier alpha value is -1.45. The Bertz CT molecular complexity index is 859. The fourth-order valence-electron chi connectivity index (χ4n) is 2.19. The molecule has 0 aliphatic rings. The molecule has 0 spiro atoms. The van der Waals surface area contributed by atoms with E-state index in [1.165, 1.54) is 24.5 Å². The normalized spacial score (nSPS) is 12.8. The molecule has 2 aromatic carbocycles. The van der Waals surface area contributed by atoms with Crippen molar-refractivity contribution in [3.05, 3.63) is 63.6 Å². The van der Waals surface area contributed by atoms with Crippen LogP contribution in [0.1, 0.15) is 12.5 Å². The molecule has 2 rings (SSSR count). The number of hydrogen-bond donors (Lipinski definition) is 2. The smallest absolute Gasteiger partial charge is 0.261 e. The molecule has 1 unspecified atom stereocenters. The highest BCUT2D eigenvalue weighted by molar-refractivity contribution is 9.10. The van der Waals surface area contributed by atoms with Crippen molar-refractivity contribution < 1.29 is 18.4 Å². The molecule has 0 heterocycles. The molecule has 25 heavy (non-hydrogen) atoms. The highest BCUT2D eigenvalue weighted by Gasteiger charge is 2.33. The second-order valence-corrected chi connectivity index (χ2v) is 8.46. The molecular weight excluding hydrogens is 432 g/mol. The maximum atomic E-state index is 13.0. The van der Waals surface area contributed by atoms with Gasteiger partial charge in [0.15, 0.2) is 0 Å². The Morgan fingerprint density at radius 3 is 2.40 bits per heavy atom. The number of nitrogens with zero attached hydrogens (tertiary/aromatic N) is 1. The van der Waals surface area contributed by atoms with E-state index in [2.05, 4.69) is 15.9 Å². The highest BCUT2D eigenvalue weighted by Crippen LogP contribution is 2.25. The average Bonchev–Trinajstić information content (AvgIpc) is 2.60. The van der Waals surface area contributed by atoms with E-state index in [1.54, 1.807) is 36.4 Å². The van der Waals surface area contributed by atoms with Gasteiger partial charge in [0.25, 0.3) is 5.91 Å². The molecule has 6 nitrogen and oxygen atoms in total. The van der Waals surface area contributed by atoms with Gasteiger partial charge in [-0.05, 0) is 42.8 Å². The highest BCUT2D eigenvalue weighted by atomic mass is 79.9. The van der Waals surface area contributed by atoms with Crippen LogP contribution < -0.4 is 5.48 Å². The van der Waals surface area contributed by atoms with Crippen LogP contribution in [0.4, 0.5) is 0 Å². The van der Waals surface area contributed by atoms with Gasteiger partial charge in [-0.25, -0.2) is 13.9 Å². The summed E-state index contributed by atoms with van der Waals surface area (Å²) in [5, 5.41) is 9.28. The third-order valence-electron chi connectivity index (χ3n) is 3.63. The summed E-state index contributed by atoms with van der Waals surface area (Å²) in [6.07, 6.45) is 0. The van der Waals surface area contributed by atoms with Crippen LogP contribution in [-0.2, 0) is 21.4 Å². The Morgan fingerprint density at radius 2 is 1.84 bits per heavy atom. The van der Waals surface area contributed by atoms with Crippen molar-refractivity contribution >= 4 is 43.5 Å². The summed E-state index contributed by atoms with van der Waals surface area (Å²) in [6, 6.07) is 11.7. The maximum Gasteiger partial charge on any atom is 0.261 e. The van der Waals surface area contributed by atoms with Crippen molar-refractivity contribution in [2.75, 3.05) is 0 Å². The molecule has 0 aliphatic carbocycles. The zero-order valence-electron chi connectivity index (χ0n) is 13.2. The molecule has 1 amide bonds. The van der Waals surface area contributed by atoms with Crippen molar-refractivity contribution in [3.63, 3.8) is 0 Å². The van der Waals surface area contributed by atoms with E-state index in [9.17, 15) is 13.2 Å². The van der Waals surface area contributed by atoms with Crippen LogP contribution in [0.2, 0.25) is 5.02 Å². The molecule has 0 saturated carbocycles. The number of sulfonamides is 1. The van der Waals surface area contributed by atoms with Crippen molar-refractivity contribution in [3.8, 4) is 0 Å². The molecule has 0 aliphatic heterocycles. The third kappa shape index (κ3) is 4.59. The second-order valence-electron chi connectivity index (χ2n) is 5.25. The summed E-state index contributed by atoms with van der Waals surface area (Å²) < 4.78 is 27.8. The van der Waals surface area contributed by atoms with Crippen LogP contribution in [0.15, 0.2) is 57.9 Å². The van der Waals surface area contributed by atoms with Crippen LogP contribution in [0.25, 0.3) is 0 Å². The van der Waals surface area contributed by atoms with E-state index in [1.807, 2.05) is 0 Å². The van der Waals surface area contributed by atoms with Gasteiger partial charge in [-0.1, -0.05) is 45.7 Å². The van der Waals surface area contributed by atoms with Crippen LogP contribution >= 0.6 is 27.5 Å². The minimum absolute atomic E-state index is 0.0281. The number of carbonyl (C=O) groups excluding carboxylic acids is 1. The van der Waals surface area contributed by atoms with Gasteiger partial charge in [0.05, 0.1) is 4.90 Å². The number of carbonyl (C=O) groups is 1. The zero-order chi connectivity index (χ0) is 18.6. The first-order chi connectivity index (χ1) is 11.8. The quantitative estimate of drug-likeness (QED) is 0.526. The number of nitrogens with one attached hydrogen (secondary N) is 1. The number of hydroxylamine groups is 1. The molecule has 0 aromatic heterocycles. The molecule has 9 heteroatoms. The van der Waals surface area contributed by atoms with E-state index in [0.717, 1.165) is 8.78 Å². The summed E-state index contributed by atoms with van der Waals surface area (Å²) in [5.41, 5.74) is 2.04. The molecule has 0 bridgehead atoms. The van der Waals surface area contributed by atoms with Crippen molar-refractivity contribution in [2.45, 2.75) is 24.4 Å². The number of halogens is 2. The SMILES string of the molecule is CC(C(=O)NO)N(Cc1ccccc1Cl)S(=O)(=O)c1ccc(Br)cc1. The lowest BCUT2D eigenvalue weighted by atomic mass is 10.2. The fraction of sp³-hybridized carbons (Fsp3) is 0.188. The standard InChI is InChI=1S/C16H16BrClN2O4S/c1-11(16(21)19-22)20(10-12-4-2-3-5-15(12)18)25(23,24)14-8-6-13(17)7-9-14/h2-9,11,22H,10H2,1H3,(H,19,21). The lowest BCUT2D eigenvalue weighted by molar-refractivity contribution is -0.132. The molecule has 0 radical (unpaired) electrons. The van der Waals surface area contributed by atoms with Crippen molar-refractivity contribution in [1.29, 1.82) is 0 Å². The maximum absolute atomic E-state index is 13.0. The molecular formula is C16H16BrClN2O4S. The summed E-state index contributed by atoms with van der Waals surface area (Å²) in [7, 11) is -4.01. The molecule has 1 atom stereocenters. The number of benzene rings is 2. The minimum atomic E-state index is -4.01. The summed E-state index contributed by atoms with van der Waals surface area (Å²) in [6.45, 7) is 1.27. The molecule has 2 aromatic rings. The lowest BCUT2D eigenvalue weighted by Gasteiger charge is -2.27. The van der Waals surface area contributed by atoms with E-state index in [4.69, 9.17) is 16.8 Å². The first-order valence-corrected chi connectivity index (χ1v) is 9.83.